The number of aromatic carboxylic acids is 1. The predicted molar refractivity (Wildman–Crippen MR) is 95.1 cm³/mol. The fourth-order valence-corrected chi connectivity index (χ4v) is 4.51. The van der Waals surface area contributed by atoms with Crippen molar-refractivity contribution in [2.45, 2.75) is 77.3 Å². The maximum Gasteiger partial charge on any atom is 0.335 e. The van der Waals surface area contributed by atoms with Crippen LogP contribution in [0.5, 0.6) is 0 Å². The van der Waals surface area contributed by atoms with Gasteiger partial charge in [0.1, 0.15) is 0 Å². The third kappa shape index (κ3) is 3.77. The zero-order valence-electron chi connectivity index (χ0n) is 15.2. The van der Waals surface area contributed by atoms with E-state index in [4.69, 9.17) is 0 Å². The Morgan fingerprint density at radius 1 is 1.17 bits per heavy atom. The lowest BCUT2D eigenvalue weighted by Crippen LogP contribution is -2.60. The van der Waals surface area contributed by atoms with Gasteiger partial charge in [0.2, 0.25) is 0 Å². The van der Waals surface area contributed by atoms with Crippen molar-refractivity contribution in [3.63, 3.8) is 0 Å². The third-order valence-electron chi connectivity index (χ3n) is 5.32. The highest BCUT2D eigenvalue weighted by Crippen LogP contribution is 2.46. The van der Waals surface area contributed by atoms with Gasteiger partial charge in [0.05, 0.1) is 5.56 Å². The largest absolute Gasteiger partial charge is 0.478 e. The predicted octanol–water partition coefficient (Wildman–Crippen LogP) is 4.92. The first-order chi connectivity index (χ1) is 10.7. The molecule has 0 amide bonds. The van der Waals surface area contributed by atoms with Crippen molar-refractivity contribution in [2.75, 3.05) is 6.54 Å². The van der Waals surface area contributed by atoms with Crippen molar-refractivity contribution in [1.82, 2.24) is 4.90 Å². The Kier molecular flexibility index (Phi) is 5.20. The van der Waals surface area contributed by atoms with Crippen molar-refractivity contribution in [3.8, 4) is 0 Å². The highest BCUT2D eigenvalue weighted by atomic mass is 16.4. The van der Waals surface area contributed by atoms with Crippen LogP contribution in [0.3, 0.4) is 0 Å². The van der Waals surface area contributed by atoms with Crippen molar-refractivity contribution in [1.29, 1.82) is 0 Å². The van der Waals surface area contributed by atoms with Crippen LogP contribution >= 0.6 is 0 Å². The molecule has 0 aromatic heterocycles. The maximum absolute atomic E-state index is 11.6. The zero-order chi connectivity index (χ0) is 17.3. The number of carboxylic acids is 1. The summed E-state index contributed by atoms with van der Waals surface area (Å²) in [6.07, 6.45) is 4.42. The fourth-order valence-electron chi connectivity index (χ4n) is 4.51. The average Bonchev–Trinajstić information content (AvgIpc) is 2.45. The van der Waals surface area contributed by atoms with E-state index >= 15 is 0 Å². The van der Waals surface area contributed by atoms with Gasteiger partial charge >= 0.3 is 5.97 Å². The van der Waals surface area contributed by atoms with Crippen molar-refractivity contribution in [3.05, 3.63) is 35.4 Å². The molecule has 0 bridgehead atoms. The van der Waals surface area contributed by atoms with Gasteiger partial charge in [0.15, 0.2) is 0 Å². The van der Waals surface area contributed by atoms with Gasteiger partial charge < -0.3 is 5.11 Å². The van der Waals surface area contributed by atoms with Crippen molar-refractivity contribution in [2.24, 2.45) is 0 Å². The summed E-state index contributed by atoms with van der Waals surface area (Å²) in [6, 6.07) is 7.52. The minimum absolute atomic E-state index is 0.0766. The molecular weight excluding hydrogens is 286 g/mol. The molecule has 2 rings (SSSR count). The molecule has 1 aromatic rings. The van der Waals surface area contributed by atoms with Crippen molar-refractivity contribution < 1.29 is 9.90 Å². The Balaban J connectivity index is 2.34. The molecule has 0 atom stereocenters. The zero-order valence-corrected chi connectivity index (χ0v) is 15.2. The second-order valence-electron chi connectivity index (χ2n) is 8.13. The molecule has 1 fully saturated rings. The van der Waals surface area contributed by atoms with Crippen molar-refractivity contribution >= 4 is 5.97 Å². The molecule has 1 aliphatic rings. The molecule has 1 heterocycles. The van der Waals surface area contributed by atoms with E-state index in [0.717, 1.165) is 24.9 Å². The first-order valence-electron chi connectivity index (χ1n) is 8.79. The summed E-state index contributed by atoms with van der Waals surface area (Å²) < 4.78 is 0. The van der Waals surface area contributed by atoms with Crippen LogP contribution in [-0.4, -0.2) is 33.6 Å². The summed E-state index contributed by atoms with van der Waals surface area (Å²) in [5, 5.41) is 9.51. The monoisotopic (exact) mass is 317 g/mol. The van der Waals surface area contributed by atoms with Crippen LogP contribution in [0, 0.1) is 0 Å². The van der Waals surface area contributed by atoms with Crippen LogP contribution in [-0.2, 0) is 0 Å². The van der Waals surface area contributed by atoms with Crippen LogP contribution in [0.25, 0.3) is 0 Å². The summed E-state index contributed by atoms with van der Waals surface area (Å²) in [7, 11) is 0. The Morgan fingerprint density at radius 2 is 1.74 bits per heavy atom. The number of piperidine rings is 1. The van der Waals surface area contributed by atoms with Crippen LogP contribution in [0.15, 0.2) is 24.3 Å². The SMILES string of the molecule is CCCCN1C(C)(C)CC(c2ccccc2C(=O)O)CC1(C)C. The van der Waals surface area contributed by atoms with E-state index < -0.39 is 5.97 Å². The molecule has 0 aliphatic carbocycles. The number of hydrogen-bond donors (Lipinski definition) is 1. The number of benzene rings is 1. The first-order valence-corrected chi connectivity index (χ1v) is 8.79. The number of nitrogens with zero attached hydrogens (tertiary/aromatic N) is 1. The van der Waals surface area contributed by atoms with Crippen LogP contribution in [0.4, 0.5) is 0 Å². The van der Waals surface area contributed by atoms with Gasteiger partial charge in [-0.2, -0.15) is 0 Å². The first kappa shape index (κ1) is 18.0. The molecule has 0 spiro atoms. The highest BCUT2D eigenvalue weighted by Gasteiger charge is 2.45. The Labute approximate surface area is 140 Å². The van der Waals surface area contributed by atoms with Crippen LogP contribution in [0.1, 0.15) is 82.1 Å². The second kappa shape index (κ2) is 6.64. The number of carbonyl (C=O) groups is 1. The lowest BCUT2D eigenvalue weighted by molar-refractivity contribution is -0.0369. The van der Waals surface area contributed by atoms with Gasteiger partial charge in [0, 0.05) is 11.1 Å². The van der Waals surface area contributed by atoms with E-state index in [-0.39, 0.29) is 11.1 Å². The van der Waals surface area contributed by atoms with E-state index in [1.54, 1.807) is 6.07 Å². The van der Waals surface area contributed by atoms with E-state index in [2.05, 4.69) is 39.5 Å². The van der Waals surface area contributed by atoms with E-state index in [9.17, 15) is 9.90 Å². The Hall–Kier alpha value is -1.35. The summed E-state index contributed by atoms with van der Waals surface area (Å²) >= 11 is 0. The maximum atomic E-state index is 11.6. The Morgan fingerprint density at radius 3 is 2.26 bits per heavy atom. The van der Waals surface area contributed by atoms with Gasteiger partial charge in [-0.15, -0.1) is 0 Å². The quantitative estimate of drug-likeness (QED) is 0.838. The van der Waals surface area contributed by atoms with E-state index in [0.29, 0.717) is 11.5 Å². The molecule has 0 radical (unpaired) electrons. The van der Waals surface area contributed by atoms with Crippen LogP contribution in [0.2, 0.25) is 0 Å². The van der Waals surface area contributed by atoms with Gasteiger partial charge in [-0.05, 0) is 71.0 Å². The highest BCUT2D eigenvalue weighted by molar-refractivity contribution is 5.89. The molecule has 3 heteroatoms. The summed E-state index contributed by atoms with van der Waals surface area (Å²) in [4.78, 5) is 14.2. The Bertz CT molecular complexity index is 545. The molecule has 0 unspecified atom stereocenters. The number of unbranched alkanes of at least 4 members (excludes halogenated alkanes) is 1. The minimum Gasteiger partial charge on any atom is -0.478 e. The number of rotatable bonds is 5. The molecule has 1 aromatic carbocycles. The molecule has 1 aliphatic heterocycles. The fraction of sp³-hybridized carbons (Fsp3) is 0.650. The third-order valence-corrected chi connectivity index (χ3v) is 5.32. The lowest BCUT2D eigenvalue weighted by atomic mass is 9.70. The number of hydrogen-bond acceptors (Lipinski definition) is 2. The molecule has 3 nitrogen and oxygen atoms in total. The molecular formula is C20H31NO2. The number of carboxylic acid groups (broad SMARTS) is 1. The average molecular weight is 317 g/mol. The standard InChI is InChI=1S/C20H31NO2/c1-6-7-12-21-19(2,3)13-15(14-20(21,4)5)16-10-8-9-11-17(16)18(22)23/h8-11,15H,6-7,12-14H2,1-5H3,(H,22,23). The minimum atomic E-state index is -0.815. The van der Waals surface area contributed by atoms with Crippen LogP contribution < -0.4 is 0 Å². The molecule has 23 heavy (non-hydrogen) atoms. The lowest BCUT2D eigenvalue weighted by Gasteiger charge is -2.56. The second-order valence-corrected chi connectivity index (χ2v) is 8.13. The normalized spacial score (nSPS) is 21.3. The number of likely N-dealkylation sites (tertiary alicyclic amines) is 1. The van der Waals surface area contributed by atoms with E-state index in [1.807, 2.05) is 18.2 Å². The van der Waals surface area contributed by atoms with Gasteiger partial charge in [-0.25, -0.2) is 4.79 Å². The van der Waals surface area contributed by atoms with E-state index in [1.165, 1.54) is 12.8 Å². The van der Waals surface area contributed by atoms with Gasteiger partial charge in [-0.1, -0.05) is 31.5 Å². The molecule has 1 saturated heterocycles. The molecule has 0 saturated carbocycles. The van der Waals surface area contributed by atoms with Gasteiger partial charge in [-0.3, -0.25) is 4.90 Å². The molecule has 1 N–H and O–H groups in total. The molecule has 128 valence electrons. The smallest absolute Gasteiger partial charge is 0.335 e. The summed E-state index contributed by atoms with van der Waals surface area (Å²) in [5.74, 6) is -0.519. The topological polar surface area (TPSA) is 40.5 Å². The summed E-state index contributed by atoms with van der Waals surface area (Å²) in [5.41, 5.74) is 1.61. The summed E-state index contributed by atoms with van der Waals surface area (Å²) in [6.45, 7) is 12.6. The van der Waals surface area contributed by atoms with Gasteiger partial charge in [0.25, 0.3) is 0 Å².